The van der Waals surface area contributed by atoms with E-state index in [2.05, 4.69) is 5.32 Å². The Balaban J connectivity index is 2.73. The van der Waals surface area contributed by atoms with Crippen molar-refractivity contribution in [1.29, 1.82) is 0 Å². The van der Waals surface area contributed by atoms with Crippen LogP contribution in [-0.2, 0) is 16.1 Å². The maximum absolute atomic E-state index is 11.1. The zero-order valence-corrected chi connectivity index (χ0v) is 13.4. The fourth-order valence-corrected chi connectivity index (χ4v) is 1.79. The molecular weight excluding hydrogens is 294 g/mol. The number of hydrogen-bond donors (Lipinski definition) is 2. The quantitative estimate of drug-likeness (QED) is 0.686. The normalized spacial score (nSPS) is 11.4. The molecule has 0 heterocycles. The summed E-state index contributed by atoms with van der Waals surface area (Å²) in [5.74, 6) is -0.300. The number of carboxylic acid groups (broad SMARTS) is 1. The van der Waals surface area contributed by atoms with Gasteiger partial charge in [0.2, 0.25) is 0 Å². The van der Waals surface area contributed by atoms with Crippen LogP contribution in [0, 0.1) is 5.41 Å². The first-order valence-corrected chi connectivity index (χ1v) is 7.09. The number of hydrogen-bond acceptors (Lipinski definition) is 4. The lowest BCUT2D eigenvalue weighted by Crippen LogP contribution is -2.31. The lowest BCUT2D eigenvalue weighted by molar-refractivity contribution is -0.148. The van der Waals surface area contributed by atoms with Gasteiger partial charge in [0, 0.05) is 30.8 Å². The fourth-order valence-electron chi connectivity index (χ4n) is 1.55. The minimum absolute atomic E-state index is 0.0771. The highest BCUT2D eigenvalue weighted by molar-refractivity contribution is 6.31. The Morgan fingerprint density at radius 2 is 2.14 bits per heavy atom. The van der Waals surface area contributed by atoms with Gasteiger partial charge < -0.3 is 19.9 Å². The van der Waals surface area contributed by atoms with Gasteiger partial charge in [0.25, 0.3) is 0 Å². The fraction of sp³-hybridized carbons (Fsp3) is 0.533. The average molecular weight is 316 g/mol. The lowest BCUT2D eigenvalue weighted by atomic mass is 9.95. The number of ether oxygens (including phenoxy) is 2. The van der Waals surface area contributed by atoms with Gasteiger partial charge in [-0.2, -0.15) is 0 Å². The van der Waals surface area contributed by atoms with E-state index in [1.165, 1.54) is 0 Å². The molecule has 6 heteroatoms. The van der Waals surface area contributed by atoms with Gasteiger partial charge in [0.15, 0.2) is 0 Å². The molecule has 0 atom stereocenters. The lowest BCUT2D eigenvalue weighted by Gasteiger charge is -2.21. The zero-order valence-electron chi connectivity index (χ0n) is 12.6. The largest absolute Gasteiger partial charge is 0.492 e. The second kappa shape index (κ2) is 8.22. The number of methoxy groups -OCH3 is 1. The van der Waals surface area contributed by atoms with E-state index in [-0.39, 0.29) is 6.61 Å². The van der Waals surface area contributed by atoms with Crippen LogP contribution >= 0.6 is 11.6 Å². The molecule has 0 unspecified atom stereocenters. The number of carboxylic acids is 1. The molecule has 0 aliphatic heterocycles. The number of halogens is 1. The summed E-state index contributed by atoms with van der Waals surface area (Å²) in [5.41, 5.74) is -0.139. The van der Waals surface area contributed by atoms with Crippen molar-refractivity contribution in [2.24, 2.45) is 5.41 Å². The molecule has 0 saturated heterocycles. The van der Waals surface area contributed by atoms with Crippen LogP contribution < -0.4 is 10.1 Å². The van der Waals surface area contributed by atoms with E-state index >= 15 is 0 Å². The Bertz CT molecular complexity index is 477. The molecule has 0 aromatic heterocycles. The molecule has 0 saturated carbocycles. The smallest absolute Gasteiger partial charge is 0.312 e. The molecule has 1 aromatic rings. The molecule has 0 aliphatic rings. The molecule has 5 nitrogen and oxygen atoms in total. The molecule has 1 aromatic carbocycles. The van der Waals surface area contributed by atoms with Gasteiger partial charge in [-0.05, 0) is 26.0 Å². The van der Waals surface area contributed by atoms with Crippen LogP contribution in [0.5, 0.6) is 5.75 Å². The van der Waals surface area contributed by atoms with Crippen molar-refractivity contribution >= 4 is 17.6 Å². The van der Waals surface area contributed by atoms with Crippen molar-refractivity contribution in [3.8, 4) is 5.75 Å². The minimum Gasteiger partial charge on any atom is -0.492 e. The minimum atomic E-state index is -0.955. The third kappa shape index (κ3) is 5.53. The van der Waals surface area contributed by atoms with Crippen LogP contribution in [0.15, 0.2) is 18.2 Å². The molecule has 118 valence electrons. The summed E-state index contributed by atoms with van der Waals surface area (Å²) in [6.07, 6.45) is 0. The molecule has 0 aliphatic carbocycles. The Labute approximate surface area is 130 Å². The van der Waals surface area contributed by atoms with Crippen LogP contribution in [0.2, 0.25) is 5.02 Å². The highest BCUT2D eigenvalue weighted by Crippen LogP contribution is 2.28. The molecule has 0 fully saturated rings. The van der Waals surface area contributed by atoms with E-state index in [1.54, 1.807) is 39.2 Å². The van der Waals surface area contributed by atoms with Gasteiger partial charge in [0.1, 0.15) is 12.4 Å². The number of aliphatic carboxylic acids is 1. The summed E-state index contributed by atoms with van der Waals surface area (Å²) >= 11 is 6.19. The van der Waals surface area contributed by atoms with Crippen molar-refractivity contribution in [3.05, 3.63) is 28.8 Å². The molecule has 2 N–H and O–H groups in total. The second-order valence-corrected chi connectivity index (χ2v) is 5.77. The van der Waals surface area contributed by atoms with Crippen molar-refractivity contribution in [2.45, 2.75) is 20.4 Å². The Hall–Kier alpha value is -1.30. The van der Waals surface area contributed by atoms with Gasteiger partial charge in [-0.25, -0.2) is 0 Å². The van der Waals surface area contributed by atoms with Crippen molar-refractivity contribution < 1.29 is 19.4 Å². The molecule has 0 spiro atoms. The molecule has 21 heavy (non-hydrogen) atoms. The predicted octanol–water partition coefficient (Wildman–Crippen LogP) is 2.57. The number of benzene rings is 1. The van der Waals surface area contributed by atoms with Gasteiger partial charge in [-0.1, -0.05) is 17.7 Å². The second-order valence-electron chi connectivity index (χ2n) is 5.36. The average Bonchev–Trinajstić information content (AvgIpc) is 2.43. The van der Waals surface area contributed by atoms with Crippen molar-refractivity contribution in [3.63, 3.8) is 0 Å². The number of nitrogens with one attached hydrogen (secondary N) is 1. The Morgan fingerprint density at radius 1 is 1.43 bits per heavy atom. The SMILES string of the molecule is COCCNCc1c(Cl)cccc1OCC(C)(C)C(=O)O. The van der Waals surface area contributed by atoms with Gasteiger partial charge in [0.05, 0.1) is 12.0 Å². The molecule has 0 radical (unpaired) electrons. The van der Waals surface area contributed by atoms with Crippen LogP contribution in [0.4, 0.5) is 0 Å². The maximum atomic E-state index is 11.1. The summed E-state index contributed by atoms with van der Waals surface area (Å²) in [6.45, 7) is 5.15. The van der Waals surface area contributed by atoms with Gasteiger partial charge in [-0.15, -0.1) is 0 Å². The third-order valence-corrected chi connectivity index (χ3v) is 3.38. The van der Waals surface area contributed by atoms with E-state index in [1.807, 2.05) is 0 Å². The van der Waals surface area contributed by atoms with E-state index in [0.717, 1.165) is 5.56 Å². The highest BCUT2D eigenvalue weighted by atomic mass is 35.5. The molecule has 0 amide bonds. The van der Waals surface area contributed by atoms with Crippen molar-refractivity contribution in [2.75, 3.05) is 26.9 Å². The Morgan fingerprint density at radius 3 is 2.76 bits per heavy atom. The zero-order chi connectivity index (χ0) is 15.9. The first kappa shape index (κ1) is 17.8. The van der Waals surface area contributed by atoms with Gasteiger partial charge in [-0.3, -0.25) is 4.79 Å². The van der Waals surface area contributed by atoms with E-state index in [9.17, 15) is 4.79 Å². The summed E-state index contributed by atoms with van der Waals surface area (Å²) in [7, 11) is 1.64. The van der Waals surface area contributed by atoms with Gasteiger partial charge >= 0.3 is 5.97 Å². The number of carbonyl (C=O) groups is 1. The molecule has 0 bridgehead atoms. The Kier molecular flexibility index (Phi) is 6.95. The molecular formula is C15H22ClNO4. The highest BCUT2D eigenvalue weighted by Gasteiger charge is 2.28. The van der Waals surface area contributed by atoms with Crippen LogP contribution in [0.3, 0.4) is 0 Å². The summed E-state index contributed by atoms with van der Waals surface area (Å²) in [6, 6.07) is 5.35. The first-order valence-electron chi connectivity index (χ1n) is 6.71. The first-order chi connectivity index (χ1) is 9.88. The summed E-state index contributed by atoms with van der Waals surface area (Å²) in [5, 5.41) is 12.9. The monoisotopic (exact) mass is 315 g/mol. The maximum Gasteiger partial charge on any atom is 0.312 e. The third-order valence-electron chi connectivity index (χ3n) is 3.03. The topological polar surface area (TPSA) is 67.8 Å². The standard InChI is InChI=1S/C15H22ClNO4/c1-15(2,14(18)19)10-21-13-6-4-5-12(16)11(13)9-17-7-8-20-3/h4-6,17H,7-10H2,1-3H3,(H,18,19). The summed E-state index contributed by atoms with van der Waals surface area (Å²) < 4.78 is 10.6. The van der Waals surface area contributed by atoms with Crippen LogP contribution in [0.25, 0.3) is 0 Å². The molecule has 1 rings (SSSR count). The van der Waals surface area contributed by atoms with E-state index in [0.29, 0.717) is 30.5 Å². The predicted molar refractivity (Wildman–Crippen MR) is 81.9 cm³/mol. The summed E-state index contributed by atoms with van der Waals surface area (Å²) in [4.78, 5) is 11.1. The van der Waals surface area contributed by atoms with Crippen molar-refractivity contribution in [1.82, 2.24) is 5.32 Å². The number of rotatable bonds is 9. The van der Waals surface area contributed by atoms with E-state index < -0.39 is 11.4 Å². The van der Waals surface area contributed by atoms with Crippen LogP contribution in [-0.4, -0.2) is 37.9 Å². The van der Waals surface area contributed by atoms with E-state index in [4.69, 9.17) is 26.2 Å². The van der Waals surface area contributed by atoms with Crippen LogP contribution in [0.1, 0.15) is 19.4 Å².